The van der Waals surface area contributed by atoms with Gasteiger partial charge in [0.25, 0.3) is 0 Å². The van der Waals surface area contributed by atoms with Crippen LogP contribution in [0.3, 0.4) is 0 Å². The maximum atomic E-state index is 12.2. The first-order chi connectivity index (χ1) is 12.3. The largest absolute Gasteiger partial charge is 0.407 e. The van der Waals surface area contributed by atoms with Gasteiger partial charge in [0.1, 0.15) is 24.1 Å². The second-order valence-corrected chi connectivity index (χ2v) is 12.1. The molecular formula is C17H29N3O5Si. The van der Waals surface area contributed by atoms with E-state index in [1.165, 1.54) is 36.1 Å². The van der Waals surface area contributed by atoms with Crippen LogP contribution in [0.5, 0.6) is 0 Å². The molecule has 1 aromatic rings. The fraction of sp³-hybridized carbons (Fsp3) is 0.765. The van der Waals surface area contributed by atoms with Crippen molar-refractivity contribution in [2.24, 2.45) is 0 Å². The Balaban J connectivity index is 1.86. The molecule has 0 aromatic carbocycles. The summed E-state index contributed by atoms with van der Waals surface area (Å²) in [4.78, 5) is 16.0. The number of anilines is 1. The van der Waals surface area contributed by atoms with Gasteiger partial charge in [0.15, 0.2) is 14.5 Å². The lowest BCUT2D eigenvalue weighted by atomic mass is 10.0. The summed E-state index contributed by atoms with van der Waals surface area (Å²) in [5, 5.41) is 20.2. The van der Waals surface area contributed by atoms with Crippen molar-refractivity contribution >= 4 is 14.1 Å². The molecule has 0 amide bonds. The molecule has 146 valence electrons. The molecule has 8 nitrogen and oxygen atoms in total. The number of aliphatic hydroxyl groups excluding tert-OH is 2. The van der Waals surface area contributed by atoms with Gasteiger partial charge in [-0.15, -0.1) is 0 Å². The first kappa shape index (κ1) is 19.5. The molecule has 0 radical (unpaired) electrons. The Kier molecular flexibility index (Phi) is 5.83. The van der Waals surface area contributed by atoms with Gasteiger partial charge in [0.05, 0.1) is 6.61 Å². The standard InChI is InChI=1S/C17H29N3O5Si/c1-26(2,11-6-4-3-5-7-11)25-15-14(22)12(10-21)24-16(15)20-9-8-13(18)19-17(20)23/h8-9,11-12,14-16,21-22H,3-7,10H2,1-2H3,(H2,18,19,23). The first-order valence-electron chi connectivity index (χ1n) is 9.30. The third-order valence-corrected chi connectivity index (χ3v) is 9.07. The molecule has 4 atom stereocenters. The molecule has 0 bridgehead atoms. The van der Waals surface area contributed by atoms with Gasteiger partial charge in [0, 0.05) is 6.20 Å². The topological polar surface area (TPSA) is 120 Å². The molecule has 1 saturated carbocycles. The Labute approximate surface area is 154 Å². The van der Waals surface area contributed by atoms with Crippen LogP contribution in [0, 0.1) is 0 Å². The molecule has 4 unspecified atom stereocenters. The van der Waals surface area contributed by atoms with Crippen LogP contribution in [0.25, 0.3) is 0 Å². The van der Waals surface area contributed by atoms with E-state index < -0.39 is 38.5 Å². The summed E-state index contributed by atoms with van der Waals surface area (Å²) in [6, 6.07) is 1.50. The number of hydrogen-bond donors (Lipinski definition) is 3. The Bertz CT molecular complexity index is 677. The number of aliphatic hydroxyl groups is 2. The van der Waals surface area contributed by atoms with Crippen molar-refractivity contribution in [2.45, 2.75) is 75.3 Å². The summed E-state index contributed by atoms with van der Waals surface area (Å²) in [6.07, 6.45) is 4.08. The van der Waals surface area contributed by atoms with E-state index >= 15 is 0 Å². The van der Waals surface area contributed by atoms with Gasteiger partial charge < -0.3 is 25.1 Å². The summed E-state index contributed by atoms with van der Waals surface area (Å²) in [7, 11) is -2.14. The Hall–Kier alpha value is -1.26. The predicted molar refractivity (Wildman–Crippen MR) is 99.1 cm³/mol. The lowest BCUT2D eigenvalue weighted by Crippen LogP contribution is -2.48. The maximum absolute atomic E-state index is 12.2. The van der Waals surface area contributed by atoms with Crippen LogP contribution in [0.2, 0.25) is 18.6 Å². The molecule has 1 aliphatic heterocycles. The number of nitrogens with two attached hydrogens (primary N) is 1. The van der Waals surface area contributed by atoms with Crippen molar-refractivity contribution in [2.75, 3.05) is 12.3 Å². The molecule has 4 N–H and O–H groups in total. The second kappa shape index (κ2) is 7.77. The van der Waals surface area contributed by atoms with E-state index in [1.54, 1.807) is 0 Å². The molecule has 0 spiro atoms. The molecule has 2 fully saturated rings. The molecule has 26 heavy (non-hydrogen) atoms. The number of hydrogen-bond acceptors (Lipinski definition) is 7. The van der Waals surface area contributed by atoms with Gasteiger partial charge in [-0.2, -0.15) is 4.98 Å². The molecule has 2 heterocycles. The van der Waals surface area contributed by atoms with E-state index in [0.29, 0.717) is 5.54 Å². The highest BCUT2D eigenvalue weighted by atomic mass is 28.4. The second-order valence-electron chi connectivity index (χ2n) is 7.80. The molecular weight excluding hydrogens is 354 g/mol. The third kappa shape index (κ3) is 3.86. The minimum absolute atomic E-state index is 0.123. The summed E-state index contributed by atoms with van der Waals surface area (Å²) in [5.41, 5.74) is 5.51. The van der Waals surface area contributed by atoms with E-state index in [1.807, 2.05) is 0 Å². The summed E-state index contributed by atoms with van der Waals surface area (Å²) in [6.45, 7) is 3.96. The Morgan fingerprint density at radius 2 is 2.08 bits per heavy atom. The van der Waals surface area contributed by atoms with Crippen LogP contribution in [-0.4, -0.2) is 53.0 Å². The average molecular weight is 384 g/mol. The van der Waals surface area contributed by atoms with Crippen molar-refractivity contribution in [1.29, 1.82) is 0 Å². The zero-order valence-electron chi connectivity index (χ0n) is 15.4. The number of aromatic nitrogens is 2. The summed E-state index contributed by atoms with van der Waals surface area (Å²) >= 11 is 0. The van der Waals surface area contributed by atoms with Crippen LogP contribution >= 0.6 is 0 Å². The Morgan fingerprint density at radius 3 is 2.69 bits per heavy atom. The van der Waals surface area contributed by atoms with Crippen LogP contribution < -0.4 is 11.4 Å². The quantitative estimate of drug-likeness (QED) is 0.649. The van der Waals surface area contributed by atoms with Crippen LogP contribution in [-0.2, 0) is 9.16 Å². The van der Waals surface area contributed by atoms with Crippen molar-refractivity contribution in [3.05, 3.63) is 22.7 Å². The molecule has 2 aliphatic rings. The average Bonchev–Trinajstić information content (AvgIpc) is 2.91. The molecule has 1 saturated heterocycles. The summed E-state index contributed by atoms with van der Waals surface area (Å²) in [5.74, 6) is 0.123. The van der Waals surface area contributed by atoms with E-state index in [0.717, 1.165) is 12.8 Å². The SMILES string of the molecule is C[Si](C)(OC1C(O)C(CO)OC1n1ccc(N)nc1=O)C1CCCCC1. The summed E-state index contributed by atoms with van der Waals surface area (Å²) < 4.78 is 13.5. The van der Waals surface area contributed by atoms with Crippen LogP contribution in [0.4, 0.5) is 5.82 Å². The van der Waals surface area contributed by atoms with Gasteiger partial charge in [-0.05, 0) is 24.7 Å². The number of nitrogens with zero attached hydrogens (tertiary/aromatic N) is 2. The van der Waals surface area contributed by atoms with E-state index in [4.69, 9.17) is 14.9 Å². The smallest absolute Gasteiger partial charge is 0.351 e. The predicted octanol–water partition coefficient (Wildman–Crippen LogP) is 1.00. The van der Waals surface area contributed by atoms with Crippen molar-refractivity contribution in [3.63, 3.8) is 0 Å². The number of ether oxygens (including phenoxy) is 1. The van der Waals surface area contributed by atoms with E-state index in [9.17, 15) is 15.0 Å². The van der Waals surface area contributed by atoms with E-state index in [-0.39, 0.29) is 12.4 Å². The van der Waals surface area contributed by atoms with Gasteiger partial charge in [-0.3, -0.25) is 4.57 Å². The fourth-order valence-corrected chi connectivity index (χ4v) is 7.03. The third-order valence-electron chi connectivity index (χ3n) is 5.65. The van der Waals surface area contributed by atoms with Gasteiger partial charge >= 0.3 is 5.69 Å². The van der Waals surface area contributed by atoms with E-state index in [2.05, 4.69) is 18.1 Å². The molecule has 9 heteroatoms. The highest BCUT2D eigenvalue weighted by molar-refractivity contribution is 6.72. The monoisotopic (exact) mass is 383 g/mol. The lowest BCUT2D eigenvalue weighted by Gasteiger charge is -2.38. The van der Waals surface area contributed by atoms with Gasteiger partial charge in [-0.1, -0.05) is 32.1 Å². The highest BCUT2D eigenvalue weighted by Crippen LogP contribution is 2.41. The zero-order valence-corrected chi connectivity index (χ0v) is 16.4. The van der Waals surface area contributed by atoms with Crippen molar-refractivity contribution in [1.82, 2.24) is 9.55 Å². The lowest BCUT2D eigenvalue weighted by molar-refractivity contribution is -0.0532. The maximum Gasteiger partial charge on any atom is 0.351 e. The Morgan fingerprint density at radius 1 is 1.38 bits per heavy atom. The minimum Gasteiger partial charge on any atom is -0.407 e. The minimum atomic E-state index is -2.14. The van der Waals surface area contributed by atoms with Gasteiger partial charge in [0.2, 0.25) is 0 Å². The van der Waals surface area contributed by atoms with Gasteiger partial charge in [-0.25, -0.2) is 4.79 Å². The normalized spacial score (nSPS) is 30.6. The molecule has 3 rings (SSSR count). The first-order valence-corrected chi connectivity index (χ1v) is 12.3. The number of nitrogen functional groups attached to an aromatic ring is 1. The van der Waals surface area contributed by atoms with Crippen LogP contribution in [0.15, 0.2) is 17.1 Å². The van der Waals surface area contributed by atoms with Crippen molar-refractivity contribution < 1.29 is 19.4 Å². The highest BCUT2D eigenvalue weighted by Gasteiger charge is 2.49. The molecule has 1 aromatic heterocycles. The van der Waals surface area contributed by atoms with Crippen LogP contribution in [0.1, 0.15) is 38.3 Å². The number of rotatable bonds is 5. The zero-order chi connectivity index (χ0) is 18.9. The van der Waals surface area contributed by atoms with Crippen molar-refractivity contribution in [3.8, 4) is 0 Å². The fourth-order valence-electron chi connectivity index (χ4n) is 4.08. The molecule has 1 aliphatic carbocycles.